The molecule has 0 saturated carbocycles. The van der Waals surface area contributed by atoms with Gasteiger partial charge in [0.15, 0.2) is 0 Å². The standard InChI is InChI=1S/C24H23Cl2NO2/c1-14(2)24(3)13-21(28)19-12-18(15-8-10-16(25)11-9-15)22(27-23(19)29-24)17-6-4-5-7-20(17)26/h4-12,14,21,28H,13H2,1-3H3. The molecular weight excluding hydrogens is 405 g/mol. The largest absolute Gasteiger partial charge is 0.471 e. The van der Waals surface area contributed by atoms with E-state index in [1.54, 1.807) is 0 Å². The number of ether oxygens (including phenoxy) is 1. The molecule has 3 aromatic rings. The molecule has 150 valence electrons. The molecule has 0 spiro atoms. The van der Waals surface area contributed by atoms with Crippen LogP contribution in [0.4, 0.5) is 0 Å². The number of hydrogen-bond donors (Lipinski definition) is 1. The van der Waals surface area contributed by atoms with E-state index >= 15 is 0 Å². The summed E-state index contributed by atoms with van der Waals surface area (Å²) in [6, 6.07) is 17.2. The van der Waals surface area contributed by atoms with Gasteiger partial charge in [-0.3, -0.25) is 0 Å². The molecule has 2 aromatic carbocycles. The van der Waals surface area contributed by atoms with Crippen molar-refractivity contribution >= 4 is 23.2 Å². The van der Waals surface area contributed by atoms with Crippen LogP contribution in [0.25, 0.3) is 22.4 Å². The first-order valence-corrected chi connectivity index (χ1v) is 10.5. The minimum absolute atomic E-state index is 0.229. The third-order valence-electron chi connectivity index (χ3n) is 5.81. The van der Waals surface area contributed by atoms with Crippen LogP contribution in [0.15, 0.2) is 54.6 Å². The highest BCUT2D eigenvalue weighted by Gasteiger charge is 2.40. The van der Waals surface area contributed by atoms with Crippen molar-refractivity contribution in [3.8, 4) is 28.3 Å². The number of nitrogens with zero attached hydrogens (tertiary/aromatic N) is 1. The second-order valence-corrected chi connectivity index (χ2v) is 8.90. The summed E-state index contributed by atoms with van der Waals surface area (Å²) in [5.41, 5.74) is 3.57. The van der Waals surface area contributed by atoms with Gasteiger partial charge in [0.1, 0.15) is 5.60 Å². The van der Waals surface area contributed by atoms with Gasteiger partial charge in [-0.1, -0.05) is 67.4 Å². The molecule has 2 atom stereocenters. The molecule has 2 heterocycles. The summed E-state index contributed by atoms with van der Waals surface area (Å²) in [7, 11) is 0. The van der Waals surface area contributed by atoms with E-state index in [9.17, 15) is 5.11 Å². The fraction of sp³-hybridized carbons (Fsp3) is 0.292. The number of halogens is 2. The fourth-order valence-electron chi connectivity index (χ4n) is 3.65. The maximum Gasteiger partial charge on any atom is 0.220 e. The quantitative estimate of drug-likeness (QED) is 0.491. The van der Waals surface area contributed by atoms with Crippen LogP contribution in [0, 0.1) is 5.92 Å². The van der Waals surface area contributed by atoms with Crippen molar-refractivity contribution in [2.75, 3.05) is 0 Å². The second-order valence-electron chi connectivity index (χ2n) is 8.06. The highest BCUT2D eigenvalue weighted by atomic mass is 35.5. The summed E-state index contributed by atoms with van der Waals surface area (Å²) in [6.45, 7) is 6.21. The Balaban J connectivity index is 1.95. The lowest BCUT2D eigenvalue weighted by Gasteiger charge is -2.40. The van der Waals surface area contributed by atoms with E-state index < -0.39 is 11.7 Å². The number of pyridine rings is 1. The number of fused-ring (bicyclic) bond motifs is 1. The molecule has 3 nitrogen and oxygen atoms in total. The van der Waals surface area contributed by atoms with Gasteiger partial charge < -0.3 is 9.84 Å². The van der Waals surface area contributed by atoms with Crippen LogP contribution in [0.5, 0.6) is 5.88 Å². The van der Waals surface area contributed by atoms with Crippen LogP contribution in [-0.4, -0.2) is 15.7 Å². The van der Waals surface area contributed by atoms with E-state index in [-0.39, 0.29) is 5.92 Å². The van der Waals surface area contributed by atoms with E-state index in [1.807, 2.05) is 61.5 Å². The predicted molar refractivity (Wildman–Crippen MR) is 119 cm³/mol. The Morgan fingerprint density at radius 2 is 1.76 bits per heavy atom. The van der Waals surface area contributed by atoms with Gasteiger partial charge in [-0.05, 0) is 42.7 Å². The lowest BCUT2D eigenvalue weighted by Crippen LogP contribution is -2.43. The van der Waals surface area contributed by atoms with Crippen molar-refractivity contribution in [2.24, 2.45) is 5.92 Å². The zero-order valence-corrected chi connectivity index (χ0v) is 18.1. The Bertz CT molecular complexity index is 1050. The molecule has 1 aliphatic rings. The molecule has 1 aliphatic heterocycles. The highest BCUT2D eigenvalue weighted by Crippen LogP contribution is 2.46. The minimum atomic E-state index is -0.648. The van der Waals surface area contributed by atoms with Crippen molar-refractivity contribution in [1.82, 2.24) is 4.98 Å². The number of rotatable bonds is 3. The number of aliphatic hydroxyl groups is 1. The Morgan fingerprint density at radius 1 is 1.07 bits per heavy atom. The molecule has 0 bridgehead atoms. The van der Waals surface area contributed by atoms with Gasteiger partial charge in [-0.2, -0.15) is 0 Å². The lowest BCUT2D eigenvalue weighted by atomic mass is 9.82. The molecule has 4 rings (SSSR count). The summed E-state index contributed by atoms with van der Waals surface area (Å²) in [5.74, 6) is 0.694. The predicted octanol–water partition coefficient (Wildman–Crippen LogP) is 6.95. The van der Waals surface area contributed by atoms with E-state index in [4.69, 9.17) is 32.9 Å². The average molecular weight is 428 g/mol. The lowest BCUT2D eigenvalue weighted by molar-refractivity contribution is -0.0358. The Kier molecular flexibility index (Phi) is 5.32. The number of aromatic nitrogens is 1. The maximum atomic E-state index is 10.9. The van der Waals surface area contributed by atoms with E-state index in [2.05, 4.69) is 13.8 Å². The third-order valence-corrected chi connectivity index (χ3v) is 6.39. The van der Waals surface area contributed by atoms with Gasteiger partial charge in [-0.25, -0.2) is 4.98 Å². The van der Waals surface area contributed by atoms with Crippen molar-refractivity contribution < 1.29 is 9.84 Å². The van der Waals surface area contributed by atoms with E-state index in [0.29, 0.717) is 27.9 Å². The Morgan fingerprint density at radius 3 is 2.41 bits per heavy atom. The maximum absolute atomic E-state index is 10.9. The molecule has 0 saturated heterocycles. The van der Waals surface area contributed by atoms with Crippen LogP contribution >= 0.6 is 23.2 Å². The van der Waals surface area contributed by atoms with E-state index in [1.165, 1.54) is 0 Å². The first-order valence-electron chi connectivity index (χ1n) is 9.71. The van der Waals surface area contributed by atoms with Gasteiger partial charge in [0.2, 0.25) is 5.88 Å². The molecule has 29 heavy (non-hydrogen) atoms. The van der Waals surface area contributed by atoms with E-state index in [0.717, 1.165) is 22.4 Å². The Hall–Kier alpha value is -2.07. The van der Waals surface area contributed by atoms with Crippen LogP contribution in [0.2, 0.25) is 10.0 Å². The summed E-state index contributed by atoms with van der Waals surface area (Å²) in [6.07, 6.45) is -0.129. The summed E-state index contributed by atoms with van der Waals surface area (Å²) in [4.78, 5) is 4.87. The molecule has 1 N–H and O–H groups in total. The third kappa shape index (κ3) is 3.75. The normalized spacial score (nSPS) is 21.0. The number of hydrogen-bond acceptors (Lipinski definition) is 3. The topological polar surface area (TPSA) is 42.4 Å². The monoisotopic (exact) mass is 427 g/mol. The summed E-state index contributed by atoms with van der Waals surface area (Å²) >= 11 is 12.6. The zero-order chi connectivity index (χ0) is 20.8. The van der Waals surface area contributed by atoms with Gasteiger partial charge >= 0.3 is 0 Å². The molecule has 0 radical (unpaired) electrons. The number of benzene rings is 2. The highest BCUT2D eigenvalue weighted by molar-refractivity contribution is 6.33. The van der Waals surface area contributed by atoms with Gasteiger partial charge in [0, 0.05) is 33.2 Å². The summed E-state index contributed by atoms with van der Waals surface area (Å²) < 4.78 is 6.33. The van der Waals surface area contributed by atoms with Crippen molar-refractivity contribution in [3.05, 3.63) is 70.2 Å². The SMILES string of the molecule is CC(C)C1(C)CC(O)c2cc(-c3ccc(Cl)cc3)c(-c3ccccc3Cl)nc2O1. The van der Waals surface area contributed by atoms with Gasteiger partial charge in [0.05, 0.1) is 11.8 Å². The summed E-state index contributed by atoms with van der Waals surface area (Å²) in [5, 5.41) is 12.2. The molecule has 5 heteroatoms. The molecule has 2 unspecified atom stereocenters. The molecule has 0 fully saturated rings. The first-order chi connectivity index (χ1) is 13.8. The Labute approximate surface area is 181 Å². The molecule has 1 aromatic heterocycles. The number of aliphatic hydroxyl groups excluding tert-OH is 1. The van der Waals surface area contributed by atoms with Crippen molar-refractivity contribution in [1.29, 1.82) is 0 Å². The minimum Gasteiger partial charge on any atom is -0.471 e. The fourth-order valence-corrected chi connectivity index (χ4v) is 4.00. The van der Waals surface area contributed by atoms with Crippen LogP contribution in [0.1, 0.15) is 38.9 Å². The first kappa shape index (κ1) is 20.2. The molecule has 0 aliphatic carbocycles. The molecule has 0 amide bonds. The van der Waals surface area contributed by atoms with Crippen LogP contribution in [-0.2, 0) is 0 Å². The molecular formula is C24H23Cl2NO2. The van der Waals surface area contributed by atoms with Crippen LogP contribution < -0.4 is 4.74 Å². The van der Waals surface area contributed by atoms with Gasteiger partial charge in [0.25, 0.3) is 0 Å². The zero-order valence-electron chi connectivity index (χ0n) is 16.6. The van der Waals surface area contributed by atoms with Crippen molar-refractivity contribution in [3.63, 3.8) is 0 Å². The van der Waals surface area contributed by atoms with Crippen LogP contribution in [0.3, 0.4) is 0 Å². The van der Waals surface area contributed by atoms with Crippen molar-refractivity contribution in [2.45, 2.75) is 38.9 Å². The van der Waals surface area contributed by atoms with Gasteiger partial charge in [-0.15, -0.1) is 0 Å². The smallest absolute Gasteiger partial charge is 0.220 e. The second kappa shape index (κ2) is 7.64. The average Bonchev–Trinajstić information content (AvgIpc) is 2.68.